The molecule has 0 aliphatic carbocycles. The van der Waals surface area contributed by atoms with Crippen molar-refractivity contribution in [2.24, 2.45) is 0 Å². The normalized spacial score (nSPS) is 22.1. The molecule has 10 nitrogen and oxygen atoms in total. The van der Waals surface area contributed by atoms with Gasteiger partial charge in [0.15, 0.2) is 0 Å². The molecule has 0 saturated carbocycles. The third-order valence-electron chi connectivity index (χ3n) is 7.86. The number of likely N-dealkylation sites (tertiary alicyclic amines) is 2. The van der Waals surface area contributed by atoms with Gasteiger partial charge < -0.3 is 29.3 Å². The molecule has 1 atom stereocenters. The summed E-state index contributed by atoms with van der Waals surface area (Å²) in [5.74, 6) is 3.05. The van der Waals surface area contributed by atoms with Crippen molar-refractivity contribution in [3.63, 3.8) is 0 Å². The summed E-state index contributed by atoms with van der Waals surface area (Å²) >= 11 is 0. The highest BCUT2D eigenvalue weighted by molar-refractivity contribution is 5.73. The van der Waals surface area contributed by atoms with Gasteiger partial charge in [-0.3, -0.25) is 4.90 Å². The van der Waals surface area contributed by atoms with Gasteiger partial charge in [-0.05, 0) is 51.3 Å². The highest BCUT2D eigenvalue weighted by atomic mass is 16.6. The maximum Gasteiger partial charge on any atom is 0.410 e. The summed E-state index contributed by atoms with van der Waals surface area (Å²) < 4.78 is 17.4. The van der Waals surface area contributed by atoms with Crippen molar-refractivity contribution in [1.29, 1.82) is 0 Å². The fourth-order valence-electron chi connectivity index (χ4n) is 5.84. The van der Waals surface area contributed by atoms with E-state index in [-0.39, 0.29) is 6.09 Å². The lowest BCUT2D eigenvalue weighted by Crippen LogP contribution is -2.52. The number of rotatable bonds is 3. The van der Waals surface area contributed by atoms with Crippen molar-refractivity contribution in [3.8, 4) is 5.75 Å². The van der Waals surface area contributed by atoms with Crippen molar-refractivity contribution in [2.45, 2.75) is 58.3 Å². The number of carbonyl (C=O) groups is 1. The Hall–Kier alpha value is -3.11. The highest BCUT2D eigenvalue weighted by Gasteiger charge is 2.39. The SMILES string of the molecule is Cc1cc(C2CN(C3CCN(C(=O)OC(C)(C)C)C3)C2)cc2c1OCc1c(ncnc1N1CCOCC1)N2. The van der Waals surface area contributed by atoms with E-state index in [1.165, 1.54) is 5.56 Å². The second-order valence-electron chi connectivity index (χ2n) is 11.8. The maximum atomic E-state index is 12.5. The molecule has 10 heteroatoms. The third kappa shape index (κ3) is 4.99. The molecule has 0 radical (unpaired) electrons. The number of benzene rings is 1. The summed E-state index contributed by atoms with van der Waals surface area (Å²) in [5.41, 5.74) is 3.91. The monoisotopic (exact) mass is 522 g/mol. The number of hydrogen-bond acceptors (Lipinski definition) is 9. The Labute approximate surface area is 224 Å². The molecule has 3 saturated heterocycles. The Kier molecular flexibility index (Phi) is 6.55. The van der Waals surface area contributed by atoms with E-state index >= 15 is 0 Å². The maximum absolute atomic E-state index is 12.5. The van der Waals surface area contributed by atoms with Crippen LogP contribution in [-0.2, 0) is 16.1 Å². The van der Waals surface area contributed by atoms with Gasteiger partial charge in [0.2, 0.25) is 0 Å². The number of nitrogens with one attached hydrogen (secondary N) is 1. The van der Waals surface area contributed by atoms with Gasteiger partial charge in [0.25, 0.3) is 0 Å². The quantitative estimate of drug-likeness (QED) is 0.648. The number of morpholine rings is 1. The number of nitrogens with zero attached hydrogens (tertiary/aromatic N) is 5. The lowest BCUT2D eigenvalue weighted by molar-refractivity contribution is 0.0260. The molecular weight excluding hydrogens is 484 g/mol. The third-order valence-corrected chi connectivity index (χ3v) is 7.86. The molecule has 1 amide bonds. The molecule has 6 rings (SSSR count). The molecule has 0 spiro atoms. The first kappa shape index (κ1) is 25.2. The van der Waals surface area contributed by atoms with Gasteiger partial charge in [0, 0.05) is 51.2 Å². The van der Waals surface area contributed by atoms with E-state index in [0.29, 0.717) is 31.8 Å². The molecule has 1 aromatic carbocycles. The van der Waals surface area contributed by atoms with Crippen LogP contribution in [0.4, 0.5) is 22.1 Å². The van der Waals surface area contributed by atoms with Crippen molar-refractivity contribution in [3.05, 3.63) is 35.2 Å². The number of fused-ring (bicyclic) bond motifs is 2. The van der Waals surface area contributed by atoms with Gasteiger partial charge in [0.05, 0.1) is 24.5 Å². The Morgan fingerprint density at radius 3 is 2.66 bits per heavy atom. The van der Waals surface area contributed by atoms with Crippen LogP contribution in [0.3, 0.4) is 0 Å². The summed E-state index contributed by atoms with van der Waals surface area (Å²) in [6.07, 6.45) is 2.42. The standard InChI is InChI=1S/C28H38N6O4/c1-18-11-19(20-13-34(14-20)21-5-6-33(15-21)27(35)38-28(2,3)4)12-23-24(18)37-16-22-25(31-23)29-17-30-26(22)32-7-9-36-10-8-32/h11-12,17,20-21H,5-10,13-16H2,1-4H3,(H,29,30,31). The van der Waals surface area contributed by atoms with E-state index in [0.717, 1.165) is 79.9 Å². The second kappa shape index (κ2) is 9.89. The molecular formula is C28H38N6O4. The minimum absolute atomic E-state index is 0.203. The van der Waals surface area contributed by atoms with Crippen molar-refractivity contribution in [1.82, 2.24) is 19.8 Å². The smallest absolute Gasteiger partial charge is 0.410 e. The number of aromatic nitrogens is 2. The van der Waals surface area contributed by atoms with Crippen LogP contribution in [0, 0.1) is 6.92 Å². The van der Waals surface area contributed by atoms with E-state index in [1.54, 1.807) is 6.33 Å². The van der Waals surface area contributed by atoms with Gasteiger partial charge >= 0.3 is 6.09 Å². The van der Waals surface area contributed by atoms with E-state index in [4.69, 9.17) is 14.2 Å². The van der Waals surface area contributed by atoms with E-state index in [1.807, 2.05) is 25.7 Å². The first-order chi connectivity index (χ1) is 18.2. The minimum Gasteiger partial charge on any atom is -0.486 e. The molecule has 4 aliphatic rings. The van der Waals surface area contributed by atoms with Crippen LogP contribution in [0.2, 0.25) is 0 Å². The molecule has 4 aliphatic heterocycles. The Morgan fingerprint density at radius 1 is 1.11 bits per heavy atom. The molecule has 1 unspecified atom stereocenters. The molecule has 2 aromatic rings. The van der Waals surface area contributed by atoms with Crippen LogP contribution in [0.25, 0.3) is 0 Å². The lowest BCUT2D eigenvalue weighted by atomic mass is 9.88. The predicted molar refractivity (Wildman–Crippen MR) is 144 cm³/mol. The Balaban J connectivity index is 1.13. The number of anilines is 3. The van der Waals surface area contributed by atoms with Gasteiger partial charge in [0.1, 0.15) is 35.9 Å². The number of ether oxygens (including phenoxy) is 3. The first-order valence-electron chi connectivity index (χ1n) is 13.7. The number of hydrogen-bond donors (Lipinski definition) is 1. The topological polar surface area (TPSA) is 92.3 Å². The Morgan fingerprint density at radius 2 is 1.89 bits per heavy atom. The largest absolute Gasteiger partial charge is 0.486 e. The fraction of sp³-hybridized carbons (Fsp3) is 0.607. The van der Waals surface area contributed by atoms with Crippen LogP contribution in [0.5, 0.6) is 5.75 Å². The zero-order chi connectivity index (χ0) is 26.4. The van der Waals surface area contributed by atoms with Crippen LogP contribution in [-0.4, -0.2) is 90.0 Å². The van der Waals surface area contributed by atoms with E-state index in [9.17, 15) is 4.79 Å². The highest BCUT2D eigenvalue weighted by Crippen LogP contribution is 2.42. The van der Waals surface area contributed by atoms with Crippen LogP contribution in [0.15, 0.2) is 18.5 Å². The van der Waals surface area contributed by atoms with Gasteiger partial charge in [-0.15, -0.1) is 0 Å². The molecule has 3 fully saturated rings. The van der Waals surface area contributed by atoms with Crippen molar-refractivity contribution >= 4 is 23.4 Å². The summed E-state index contributed by atoms with van der Waals surface area (Å²) in [7, 11) is 0. The number of aryl methyl sites for hydroxylation is 1. The van der Waals surface area contributed by atoms with Crippen LogP contribution >= 0.6 is 0 Å². The van der Waals surface area contributed by atoms with E-state index in [2.05, 4.69) is 44.1 Å². The molecule has 5 heterocycles. The molecule has 1 aromatic heterocycles. The molecule has 1 N–H and O–H groups in total. The van der Waals surface area contributed by atoms with Gasteiger partial charge in [-0.2, -0.15) is 0 Å². The zero-order valence-corrected chi connectivity index (χ0v) is 22.8. The fourth-order valence-corrected chi connectivity index (χ4v) is 5.84. The average molecular weight is 523 g/mol. The molecule has 204 valence electrons. The summed E-state index contributed by atoms with van der Waals surface area (Å²) in [6.45, 7) is 14.8. The summed E-state index contributed by atoms with van der Waals surface area (Å²) in [4.78, 5) is 28.2. The van der Waals surface area contributed by atoms with Gasteiger partial charge in [-0.25, -0.2) is 14.8 Å². The molecule has 38 heavy (non-hydrogen) atoms. The second-order valence-corrected chi connectivity index (χ2v) is 11.8. The van der Waals surface area contributed by atoms with Crippen molar-refractivity contribution in [2.75, 3.05) is 62.7 Å². The summed E-state index contributed by atoms with van der Waals surface area (Å²) in [6, 6.07) is 4.87. The lowest BCUT2D eigenvalue weighted by Gasteiger charge is -2.43. The Bertz CT molecular complexity index is 1200. The van der Waals surface area contributed by atoms with Crippen LogP contribution < -0.4 is 15.0 Å². The van der Waals surface area contributed by atoms with Crippen LogP contribution in [0.1, 0.15) is 49.8 Å². The van der Waals surface area contributed by atoms with Gasteiger partial charge in [-0.1, -0.05) is 6.07 Å². The first-order valence-corrected chi connectivity index (χ1v) is 13.7. The van der Waals surface area contributed by atoms with E-state index < -0.39 is 5.60 Å². The summed E-state index contributed by atoms with van der Waals surface area (Å²) in [5, 5.41) is 3.56. The average Bonchev–Trinajstić information content (AvgIpc) is 3.24. The zero-order valence-electron chi connectivity index (χ0n) is 22.8. The predicted octanol–water partition coefficient (Wildman–Crippen LogP) is 3.67. The number of amides is 1. The number of carbonyl (C=O) groups excluding carboxylic acids is 1. The minimum atomic E-state index is -0.464. The molecule has 0 bridgehead atoms. The van der Waals surface area contributed by atoms with Crippen molar-refractivity contribution < 1.29 is 19.0 Å².